The number of hydrogen-bond donors (Lipinski definition) is 0. The van der Waals surface area contributed by atoms with Crippen LogP contribution in [0.5, 0.6) is 0 Å². The van der Waals surface area contributed by atoms with Crippen molar-refractivity contribution in [1.29, 1.82) is 0 Å². The van der Waals surface area contributed by atoms with Gasteiger partial charge in [0.1, 0.15) is 4.90 Å². The summed E-state index contributed by atoms with van der Waals surface area (Å²) in [6, 6.07) is 10.9. The second-order valence-corrected chi connectivity index (χ2v) is 8.38. The molecule has 0 unspecified atom stereocenters. The first-order valence-corrected chi connectivity index (χ1v) is 8.61. The molecule has 0 aromatic heterocycles. The molecule has 2 aromatic carbocycles. The average Bonchev–Trinajstić information content (AvgIpc) is 2.43. The SMILES string of the molecule is CN(C)c1cccc2c(S(=O)(=O)OCC(C)(C)C)cccc12. The molecule has 2 rings (SSSR count). The fraction of sp³-hybridized carbons (Fsp3) is 0.412. The molecule has 0 saturated carbocycles. The van der Waals surface area contributed by atoms with E-state index in [4.69, 9.17) is 4.18 Å². The molecule has 0 heterocycles. The van der Waals surface area contributed by atoms with Crippen molar-refractivity contribution < 1.29 is 12.6 Å². The molecule has 0 N–H and O–H groups in total. The summed E-state index contributed by atoms with van der Waals surface area (Å²) in [5, 5.41) is 1.58. The smallest absolute Gasteiger partial charge is 0.297 e. The first-order valence-electron chi connectivity index (χ1n) is 7.20. The Labute approximate surface area is 132 Å². The Bertz CT molecular complexity index is 774. The van der Waals surface area contributed by atoms with Crippen molar-refractivity contribution in [2.24, 2.45) is 5.41 Å². The molecule has 22 heavy (non-hydrogen) atoms. The summed E-state index contributed by atoms with van der Waals surface area (Å²) in [4.78, 5) is 2.19. The molecule has 2 aromatic rings. The van der Waals surface area contributed by atoms with Crippen LogP contribution in [0.15, 0.2) is 41.3 Å². The highest BCUT2D eigenvalue weighted by atomic mass is 32.2. The van der Waals surface area contributed by atoms with Crippen molar-refractivity contribution in [3.63, 3.8) is 0 Å². The number of nitrogens with zero attached hydrogens (tertiary/aromatic N) is 1. The molecule has 0 aliphatic heterocycles. The maximum atomic E-state index is 12.5. The van der Waals surface area contributed by atoms with Gasteiger partial charge in [-0.15, -0.1) is 0 Å². The van der Waals surface area contributed by atoms with Gasteiger partial charge in [-0.1, -0.05) is 45.0 Å². The third kappa shape index (κ3) is 3.59. The molecular weight excluding hydrogens is 298 g/mol. The van der Waals surface area contributed by atoms with Crippen molar-refractivity contribution in [3.8, 4) is 0 Å². The van der Waals surface area contributed by atoms with Crippen LogP contribution in [0, 0.1) is 5.41 Å². The van der Waals surface area contributed by atoms with E-state index in [9.17, 15) is 8.42 Å². The number of rotatable bonds is 4. The number of hydrogen-bond acceptors (Lipinski definition) is 4. The molecule has 0 saturated heterocycles. The molecule has 120 valence electrons. The van der Waals surface area contributed by atoms with Gasteiger partial charge < -0.3 is 4.90 Å². The van der Waals surface area contributed by atoms with E-state index >= 15 is 0 Å². The van der Waals surface area contributed by atoms with Crippen molar-refractivity contribution in [2.75, 3.05) is 25.6 Å². The predicted octanol–water partition coefficient (Wildman–Crippen LogP) is 3.66. The van der Waals surface area contributed by atoms with Crippen molar-refractivity contribution in [2.45, 2.75) is 25.7 Å². The molecule has 0 aliphatic carbocycles. The van der Waals surface area contributed by atoms with Crippen LogP contribution in [0.2, 0.25) is 0 Å². The zero-order valence-electron chi connectivity index (χ0n) is 13.8. The lowest BCUT2D eigenvalue weighted by atomic mass is 9.99. The van der Waals surface area contributed by atoms with E-state index < -0.39 is 10.1 Å². The second-order valence-electron chi connectivity index (χ2n) is 6.80. The molecular formula is C17H23NO3S. The molecule has 0 aliphatic rings. The molecule has 5 heteroatoms. The van der Waals surface area contributed by atoms with Crippen LogP contribution in [0.3, 0.4) is 0 Å². The molecule has 0 bridgehead atoms. The second kappa shape index (κ2) is 5.89. The van der Waals surface area contributed by atoms with E-state index in [1.54, 1.807) is 12.1 Å². The normalized spacial score (nSPS) is 12.6. The number of benzene rings is 2. The first-order chi connectivity index (χ1) is 10.1. The Balaban J connectivity index is 2.55. The van der Waals surface area contributed by atoms with Crippen LogP contribution in [0.4, 0.5) is 5.69 Å². The van der Waals surface area contributed by atoms with Crippen LogP contribution in [-0.4, -0.2) is 29.1 Å². The predicted molar refractivity (Wildman–Crippen MR) is 90.9 cm³/mol. The van der Waals surface area contributed by atoms with E-state index in [1.165, 1.54) is 0 Å². The minimum Gasteiger partial charge on any atom is -0.377 e. The zero-order valence-corrected chi connectivity index (χ0v) is 14.6. The van der Waals surface area contributed by atoms with Gasteiger partial charge in [0.25, 0.3) is 10.1 Å². The minimum absolute atomic E-state index is 0.152. The highest BCUT2D eigenvalue weighted by Crippen LogP contribution is 2.31. The maximum absolute atomic E-state index is 12.5. The van der Waals surface area contributed by atoms with Crippen LogP contribution in [0.25, 0.3) is 10.8 Å². The summed E-state index contributed by atoms with van der Waals surface area (Å²) in [6.45, 7) is 5.97. The van der Waals surface area contributed by atoms with E-state index in [-0.39, 0.29) is 16.9 Å². The van der Waals surface area contributed by atoms with Gasteiger partial charge in [0.2, 0.25) is 0 Å². The largest absolute Gasteiger partial charge is 0.377 e. The summed E-state index contributed by atoms with van der Waals surface area (Å²) in [6.07, 6.45) is 0. The van der Waals surface area contributed by atoms with E-state index in [0.717, 1.165) is 11.1 Å². The van der Waals surface area contributed by atoms with E-state index in [0.29, 0.717) is 5.39 Å². The monoisotopic (exact) mass is 321 g/mol. The summed E-state index contributed by atoms with van der Waals surface area (Å²) < 4.78 is 30.3. The third-order valence-electron chi connectivity index (χ3n) is 3.26. The Kier molecular flexibility index (Phi) is 4.49. The van der Waals surface area contributed by atoms with E-state index in [2.05, 4.69) is 0 Å². The van der Waals surface area contributed by atoms with Gasteiger partial charge in [-0.25, -0.2) is 0 Å². The third-order valence-corrected chi connectivity index (χ3v) is 4.58. The lowest BCUT2D eigenvalue weighted by Crippen LogP contribution is -2.19. The quantitative estimate of drug-likeness (QED) is 0.806. The molecule has 0 atom stereocenters. The Hall–Kier alpha value is -1.59. The number of fused-ring (bicyclic) bond motifs is 1. The highest BCUT2D eigenvalue weighted by Gasteiger charge is 2.22. The lowest BCUT2D eigenvalue weighted by Gasteiger charge is -2.19. The summed E-state index contributed by atoms with van der Waals surface area (Å²) in [5.74, 6) is 0. The Morgan fingerprint density at radius 3 is 2.18 bits per heavy atom. The van der Waals surface area contributed by atoms with Gasteiger partial charge in [-0.2, -0.15) is 8.42 Å². The maximum Gasteiger partial charge on any atom is 0.297 e. The van der Waals surface area contributed by atoms with Gasteiger partial charge in [0.05, 0.1) is 6.61 Å². The van der Waals surface area contributed by atoms with Gasteiger partial charge >= 0.3 is 0 Å². The Morgan fingerprint density at radius 2 is 1.59 bits per heavy atom. The van der Waals surface area contributed by atoms with Crippen molar-refractivity contribution >= 4 is 26.6 Å². The molecule has 4 nitrogen and oxygen atoms in total. The highest BCUT2D eigenvalue weighted by molar-refractivity contribution is 7.87. The molecule has 0 fully saturated rings. The average molecular weight is 321 g/mol. The van der Waals surface area contributed by atoms with Crippen LogP contribution in [0.1, 0.15) is 20.8 Å². The van der Waals surface area contributed by atoms with Gasteiger partial charge in [0.15, 0.2) is 0 Å². The number of anilines is 1. The fourth-order valence-electron chi connectivity index (χ4n) is 2.19. The van der Waals surface area contributed by atoms with Crippen molar-refractivity contribution in [1.82, 2.24) is 0 Å². The topological polar surface area (TPSA) is 46.6 Å². The summed E-state index contributed by atoms with van der Waals surface area (Å²) in [5.41, 5.74) is 0.761. The van der Waals surface area contributed by atoms with Crippen LogP contribution >= 0.6 is 0 Å². The van der Waals surface area contributed by atoms with E-state index in [1.807, 2.05) is 64.0 Å². The van der Waals surface area contributed by atoms with Crippen molar-refractivity contribution in [3.05, 3.63) is 36.4 Å². The van der Waals surface area contributed by atoms with Gasteiger partial charge in [-0.05, 0) is 17.5 Å². The van der Waals surface area contributed by atoms with Crippen LogP contribution < -0.4 is 4.90 Å². The first kappa shape index (κ1) is 16.8. The zero-order chi connectivity index (χ0) is 16.5. The fourth-order valence-corrected chi connectivity index (χ4v) is 3.52. The molecule has 0 amide bonds. The molecule has 0 spiro atoms. The van der Waals surface area contributed by atoms with Crippen LogP contribution in [-0.2, 0) is 14.3 Å². The van der Waals surface area contributed by atoms with Gasteiger partial charge in [0, 0.05) is 30.6 Å². The lowest BCUT2D eigenvalue weighted by molar-refractivity contribution is 0.203. The standard InChI is InChI=1S/C17H23NO3S/c1-17(2,3)12-21-22(19,20)16-11-7-8-13-14(16)9-6-10-15(13)18(4)5/h6-11H,12H2,1-5H3. The molecule has 0 radical (unpaired) electrons. The Morgan fingerprint density at radius 1 is 1.00 bits per heavy atom. The minimum atomic E-state index is -3.78. The summed E-state index contributed by atoms with van der Waals surface area (Å²) in [7, 11) is 0.0921. The van der Waals surface area contributed by atoms with Gasteiger partial charge in [-0.3, -0.25) is 4.18 Å². The summed E-state index contributed by atoms with van der Waals surface area (Å²) >= 11 is 0.